The molecule has 0 spiro atoms. The summed E-state index contributed by atoms with van der Waals surface area (Å²) in [6, 6.07) is 11.8. The Balaban J connectivity index is 1.51. The molecule has 1 aliphatic heterocycles. The second-order valence-corrected chi connectivity index (χ2v) is 7.06. The van der Waals surface area contributed by atoms with Crippen LogP contribution >= 0.6 is 23.2 Å². The van der Waals surface area contributed by atoms with Crippen molar-refractivity contribution >= 4 is 46.7 Å². The summed E-state index contributed by atoms with van der Waals surface area (Å²) in [6.45, 7) is -0.247. The predicted molar refractivity (Wildman–Crippen MR) is 108 cm³/mol. The van der Waals surface area contributed by atoms with E-state index in [9.17, 15) is 9.59 Å². The van der Waals surface area contributed by atoms with Crippen LogP contribution < -0.4 is 15.4 Å². The number of carbonyl (C=O) groups is 2. The fourth-order valence-corrected chi connectivity index (χ4v) is 3.41. The second-order valence-electron chi connectivity index (χ2n) is 6.27. The monoisotopic (exact) mass is 431 g/mol. The number of nitrogens with one attached hydrogen (secondary N) is 2. The molecule has 1 atom stereocenters. The first-order valence-electron chi connectivity index (χ1n) is 8.68. The molecule has 148 valence electrons. The first-order chi connectivity index (χ1) is 14.0. The zero-order chi connectivity index (χ0) is 20.4. The van der Waals surface area contributed by atoms with E-state index in [0.29, 0.717) is 22.4 Å². The normalized spacial score (nSPS) is 15.4. The van der Waals surface area contributed by atoms with Gasteiger partial charge >= 0.3 is 0 Å². The number of ether oxygens (including phenoxy) is 1. The van der Waals surface area contributed by atoms with Crippen molar-refractivity contribution in [1.29, 1.82) is 0 Å². The maximum atomic E-state index is 12.3. The van der Waals surface area contributed by atoms with E-state index in [0.717, 1.165) is 5.56 Å². The number of nitrogens with zero attached hydrogens (tertiary/aromatic N) is 3. The number of para-hydroxylation sites is 1. The summed E-state index contributed by atoms with van der Waals surface area (Å²) in [6.07, 6.45) is 1.56. The predicted octanol–water partition coefficient (Wildman–Crippen LogP) is 3.53. The number of carbonyl (C=O) groups excluding carboxylic acids is 2. The van der Waals surface area contributed by atoms with E-state index < -0.39 is 5.91 Å². The van der Waals surface area contributed by atoms with Gasteiger partial charge in [-0.3, -0.25) is 14.9 Å². The second kappa shape index (κ2) is 8.10. The smallest absolute Gasteiger partial charge is 0.262 e. The molecular weight excluding hydrogens is 417 g/mol. The van der Waals surface area contributed by atoms with Crippen molar-refractivity contribution in [3.8, 4) is 5.75 Å². The number of hydrogen-bond acceptors (Lipinski definition) is 5. The maximum Gasteiger partial charge on any atom is 0.262 e. The molecule has 0 saturated carbocycles. The number of halogens is 2. The van der Waals surface area contributed by atoms with E-state index >= 15 is 0 Å². The quantitative estimate of drug-likeness (QED) is 0.643. The van der Waals surface area contributed by atoms with Gasteiger partial charge in [-0.2, -0.15) is 10.1 Å². The van der Waals surface area contributed by atoms with Crippen molar-refractivity contribution in [3.63, 3.8) is 0 Å². The highest BCUT2D eigenvalue weighted by molar-refractivity contribution is 6.44. The molecule has 0 saturated heterocycles. The van der Waals surface area contributed by atoms with Gasteiger partial charge < -0.3 is 10.1 Å². The SMILES string of the molecule is O=C(COc1ccccc1[C@H]1CC(=O)Nc2ncnn21)Nc1cccc(Cl)c1Cl. The first-order valence-corrected chi connectivity index (χ1v) is 9.43. The third-order valence-corrected chi connectivity index (χ3v) is 5.18. The number of anilines is 2. The van der Waals surface area contributed by atoms with Crippen LogP contribution in [0.4, 0.5) is 11.6 Å². The molecule has 0 aliphatic carbocycles. The molecule has 29 heavy (non-hydrogen) atoms. The highest BCUT2D eigenvalue weighted by atomic mass is 35.5. The molecule has 2 heterocycles. The van der Waals surface area contributed by atoms with Gasteiger partial charge in [-0.1, -0.05) is 47.5 Å². The number of aromatic nitrogens is 3. The lowest BCUT2D eigenvalue weighted by Gasteiger charge is -2.25. The summed E-state index contributed by atoms with van der Waals surface area (Å²) in [7, 11) is 0. The summed E-state index contributed by atoms with van der Waals surface area (Å²) in [5.74, 6) is 0.279. The van der Waals surface area contributed by atoms with Crippen LogP contribution in [0.3, 0.4) is 0 Å². The van der Waals surface area contributed by atoms with Gasteiger partial charge in [0.15, 0.2) is 6.61 Å². The molecule has 0 bridgehead atoms. The fourth-order valence-electron chi connectivity index (χ4n) is 3.06. The van der Waals surface area contributed by atoms with E-state index in [1.807, 2.05) is 12.1 Å². The Bertz CT molecular complexity index is 1090. The fraction of sp³-hybridized carbons (Fsp3) is 0.158. The Morgan fingerprint density at radius 1 is 1.24 bits per heavy atom. The molecule has 0 fully saturated rings. The van der Waals surface area contributed by atoms with Gasteiger partial charge in [0.2, 0.25) is 11.9 Å². The van der Waals surface area contributed by atoms with Crippen molar-refractivity contribution < 1.29 is 14.3 Å². The molecule has 10 heteroatoms. The minimum absolute atomic E-state index is 0.168. The van der Waals surface area contributed by atoms with Crippen LogP contribution in [-0.2, 0) is 9.59 Å². The zero-order valence-corrected chi connectivity index (χ0v) is 16.4. The maximum absolute atomic E-state index is 12.3. The van der Waals surface area contributed by atoms with Crippen LogP contribution in [-0.4, -0.2) is 33.2 Å². The number of amides is 2. The Labute approximate surface area is 175 Å². The molecule has 4 rings (SSSR count). The Morgan fingerprint density at radius 2 is 2.07 bits per heavy atom. The lowest BCUT2D eigenvalue weighted by atomic mass is 10.0. The van der Waals surface area contributed by atoms with Crippen LogP contribution in [0.25, 0.3) is 0 Å². The average molecular weight is 432 g/mol. The summed E-state index contributed by atoms with van der Waals surface area (Å²) in [4.78, 5) is 28.4. The van der Waals surface area contributed by atoms with Gasteiger partial charge in [0.1, 0.15) is 12.1 Å². The van der Waals surface area contributed by atoms with Crippen molar-refractivity contribution in [2.24, 2.45) is 0 Å². The largest absolute Gasteiger partial charge is 0.483 e. The van der Waals surface area contributed by atoms with Gasteiger partial charge in [-0.15, -0.1) is 0 Å². The van der Waals surface area contributed by atoms with E-state index in [4.69, 9.17) is 27.9 Å². The molecule has 2 amide bonds. The number of rotatable bonds is 5. The Morgan fingerprint density at radius 3 is 2.93 bits per heavy atom. The molecule has 1 aliphatic rings. The summed E-state index contributed by atoms with van der Waals surface area (Å²) in [5.41, 5.74) is 1.12. The van der Waals surface area contributed by atoms with E-state index in [-0.39, 0.29) is 30.0 Å². The Kier molecular flexibility index (Phi) is 5.37. The standard InChI is InChI=1S/C19H15Cl2N5O3/c20-12-5-3-6-13(18(12)21)24-17(28)9-29-15-7-2-1-4-11(15)14-8-16(27)25-19-22-10-23-26(14)19/h1-7,10,14H,8-9H2,(H,24,28)(H,22,23,25,27)/t14-/m1/s1. The van der Waals surface area contributed by atoms with Crippen LogP contribution in [0, 0.1) is 0 Å². The van der Waals surface area contributed by atoms with Crippen LogP contribution in [0.1, 0.15) is 18.0 Å². The minimum atomic E-state index is -0.396. The average Bonchev–Trinajstić information content (AvgIpc) is 3.18. The lowest BCUT2D eigenvalue weighted by Crippen LogP contribution is -2.29. The summed E-state index contributed by atoms with van der Waals surface area (Å²) >= 11 is 12.1. The minimum Gasteiger partial charge on any atom is -0.483 e. The zero-order valence-electron chi connectivity index (χ0n) is 14.9. The highest BCUT2D eigenvalue weighted by Gasteiger charge is 2.29. The lowest BCUT2D eigenvalue weighted by molar-refractivity contribution is -0.118. The summed E-state index contributed by atoms with van der Waals surface area (Å²) in [5, 5.41) is 10.1. The molecule has 0 radical (unpaired) electrons. The molecule has 0 unspecified atom stereocenters. The van der Waals surface area contributed by atoms with Gasteiger partial charge in [0.05, 0.1) is 28.2 Å². The van der Waals surface area contributed by atoms with Crippen LogP contribution in [0.5, 0.6) is 5.75 Å². The number of hydrogen-bond donors (Lipinski definition) is 2. The molecule has 2 N–H and O–H groups in total. The molecule has 1 aromatic heterocycles. The van der Waals surface area contributed by atoms with Crippen molar-refractivity contribution in [2.45, 2.75) is 12.5 Å². The number of fused-ring (bicyclic) bond motifs is 1. The first kappa shape index (κ1) is 19.2. The van der Waals surface area contributed by atoms with E-state index in [2.05, 4.69) is 20.7 Å². The molecule has 3 aromatic rings. The van der Waals surface area contributed by atoms with Gasteiger partial charge in [0, 0.05) is 5.56 Å². The van der Waals surface area contributed by atoms with Crippen molar-refractivity contribution in [3.05, 3.63) is 64.4 Å². The van der Waals surface area contributed by atoms with Crippen LogP contribution in [0.15, 0.2) is 48.8 Å². The third-order valence-electron chi connectivity index (χ3n) is 4.36. The summed E-state index contributed by atoms with van der Waals surface area (Å²) < 4.78 is 7.36. The van der Waals surface area contributed by atoms with E-state index in [1.165, 1.54) is 6.33 Å². The molecule has 2 aromatic carbocycles. The third kappa shape index (κ3) is 4.03. The van der Waals surface area contributed by atoms with E-state index in [1.54, 1.807) is 35.0 Å². The van der Waals surface area contributed by atoms with Crippen molar-refractivity contribution in [1.82, 2.24) is 14.8 Å². The molecule has 8 nitrogen and oxygen atoms in total. The Hall–Kier alpha value is -3.10. The van der Waals surface area contributed by atoms with Crippen molar-refractivity contribution in [2.75, 3.05) is 17.2 Å². The van der Waals surface area contributed by atoms with Gasteiger partial charge in [-0.05, 0) is 18.2 Å². The topological polar surface area (TPSA) is 98.1 Å². The van der Waals surface area contributed by atoms with Crippen LogP contribution in [0.2, 0.25) is 10.0 Å². The highest BCUT2D eigenvalue weighted by Crippen LogP contribution is 2.34. The number of benzene rings is 2. The van der Waals surface area contributed by atoms with Gasteiger partial charge in [0.25, 0.3) is 5.91 Å². The molecular formula is C19H15Cl2N5O3. The van der Waals surface area contributed by atoms with Gasteiger partial charge in [-0.25, -0.2) is 4.68 Å².